The highest BCUT2D eigenvalue weighted by Crippen LogP contribution is 2.30. The van der Waals surface area contributed by atoms with Gasteiger partial charge in [0.1, 0.15) is 0 Å². The molecule has 2 nitrogen and oxygen atoms in total. The van der Waals surface area contributed by atoms with Crippen LogP contribution in [0.3, 0.4) is 0 Å². The summed E-state index contributed by atoms with van der Waals surface area (Å²) in [7, 11) is 0. The summed E-state index contributed by atoms with van der Waals surface area (Å²) >= 11 is 0. The highest BCUT2D eigenvalue weighted by atomic mass is 16.1. The molecule has 2 atom stereocenters. The predicted molar refractivity (Wildman–Crippen MR) is 109 cm³/mol. The molecule has 1 aromatic carbocycles. The Morgan fingerprint density at radius 3 is 2.35 bits per heavy atom. The zero-order valence-electron chi connectivity index (χ0n) is 16.8. The van der Waals surface area contributed by atoms with Gasteiger partial charge in [-0.1, -0.05) is 56.7 Å². The maximum Gasteiger partial charge on any atom is 0.188 e. The number of benzene rings is 1. The van der Waals surface area contributed by atoms with E-state index < -0.39 is 0 Å². The van der Waals surface area contributed by atoms with E-state index in [1.54, 1.807) is 6.08 Å². The summed E-state index contributed by atoms with van der Waals surface area (Å²) in [6.45, 7) is 10.4. The maximum atomic E-state index is 13.0. The van der Waals surface area contributed by atoms with Crippen molar-refractivity contribution >= 4 is 11.6 Å². The lowest BCUT2D eigenvalue weighted by atomic mass is 9.80. The molecule has 0 saturated carbocycles. The number of carbonyl (C=O) groups excluding carboxylic acids is 2. The van der Waals surface area contributed by atoms with Gasteiger partial charge in [0.2, 0.25) is 0 Å². The number of hydrogen-bond donors (Lipinski definition) is 0. The Hall–Kier alpha value is -1.96. The highest BCUT2D eigenvalue weighted by Gasteiger charge is 2.25. The summed E-state index contributed by atoms with van der Waals surface area (Å²) in [5.74, 6) is 1.10. The Balaban J connectivity index is 2.24. The van der Waals surface area contributed by atoms with E-state index in [2.05, 4.69) is 26.8 Å². The summed E-state index contributed by atoms with van der Waals surface area (Å²) in [5, 5.41) is 0. The van der Waals surface area contributed by atoms with E-state index in [1.807, 2.05) is 38.1 Å². The normalized spacial score (nSPS) is 20.8. The molecule has 0 aliphatic heterocycles. The maximum absolute atomic E-state index is 13.0. The molecule has 0 heterocycles. The van der Waals surface area contributed by atoms with Gasteiger partial charge < -0.3 is 0 Å². The second kappa shape index (κ2) is 9.12. The summed E-state index contributed by atoms with van der Waals surface area (Å²) in [6, 6.07) is 7.92. The number of Topliss-reactive ketones (excluding diaryl/α,β-unsaturated/α-hetero) is 1. The highest BCUT2D eigenvalue weighted by molar-refractivity contribution is 6.09. The van der Waals surface area contributed by atoms with Gasteiger partial charge in [-0.3, -0.25) is 9.59 Å². The van der Waals surface area contributed by atoms with Crippen molar-refractivity contribution in [2.24, 2.45) is 11.8 Å². The van der Waals surface area contributed by atoms with Crippen molar-refractivity contribution in [2.45, 2.75) is 66.2 Å². The van der Waals surface area contributed by atoms with Gasteiger partial charge >= 0.3 is 0 Å². The van der Waals surface area contributed by atoms with Gasteiger partial charge in [0.05, 0.1) is 0 Å². The molecule has 1 aliphatic carbocycles. The monoisotopic (exact) mass is 352 g/mol. The lowest BCUT2D eigenvalue weighted by molar-refractivity contribution is -0.118. The first-order valence-corrected chi connectivity index (χ1v) is 9.80. The van der Waals surface area contributed by atoms with Gasteiger partial charge in [-0.15, -0.1) is 0 Å². The molecule has 2 heteroatoms. The van der Waals surface area contributed by atoms with E-state index in [0.717, 1.165) is 36.0 Å². The van der Waals surface area contributed by atoms with Gasteiger partial charge in [-0.05, 0) is 68.6 Å². The van der Waals surface area contributed by atoms with Gasteiger partial charge in [0.15, 0.2) is 11.6 Å². The zero-order valence-corrected chi connectivity index (χ0v) is 16.8. The molecular formula is C24H32O2. The fourth-order valence-corrected chi connectivity index (χ4v) is 3.59. The van der Waals surface area contributed by atoms with Crippen LogP contribution in [0.2, 0.25) is 0 Å². The number of allylic oxidation sites excluding steroid dienone is 4. The molecule has 0 aromatic heterocycles. The molecule has 0 radical (unpaired) electrons. The third-order valence-electron chi connectivity index (χ3n) is 5.17. The summed E-state index contributed by atoms with van der Waals surface area (Å²) in [6.07, 6.45) is 7.16. The van der Waals surface area contributed by atoms with Crippen LogP contribution in [0.5, 0.6) is 0 Å². The lowest BCUT2D eigenvalue weighted by Gasteiger charge is -2.23. The third-order valence-corrected chi connectivity index (χ3v) is 5.17. The Bertz CT molecular complexity index is 700. The van der Waals surface area contributed by atoms with E-state index in [1.165, 1.54) is 5.56 Å². The van der Waals surface area contributed by atoms with Crippen LogP contribution >= 0.6 is 0 Å². The SMILES string of the molecule is CC(C)=CC(=O)C1CC(C(=O)c2ccc(C(C)C)cc2)=CCCC(C)C1. The van der Waals surface area contributed by atoms with Crippen LogP contribution in [0.25, 0.3) is 0 Å². The standard InChI is InChI=1S/C24H32O2/c1-16(2)13-23(25)22-14-18(5)7-6-8-21(15-22)24(26)20-11-9-19(10-12-20)17(3)4/h8-13,17-18,22H,6-7,14-15H2,1-5H3. The molecule has 1 aromatic rings. The Morgan fingerprint density at radius 2 is 1.77 bits per heavy atom. The second-order valence-corrected chi connectivity index (χ2v) is 8.28. The minimum absolute atomic E-state index is 0.0739. The minimum Gasteiger partial charge on any atom is -0.295 e. The quantitative estimate of drug-likeness (QED) is 0.461. The van der Waals surface area contributed by atoms with E-state index in [-0.39, 0.29) is 17.5 Å². The topological polar surface area (TPSA) is 34.1 Å². The van der Waals surface area contributed by atoms with Gasteiger partial charge in [-0.25, -0.2) is 0 Å². The van der Waals surface area contributed by atoms with Crippen LogP contribution in [0.4, 0.5) is 0 Å². The van der Waals surface area contributed by atoms with Crippen LogP contribution < -0.4 is 0 Å². The number of rotatable bonds is 5. The largest absolute Gasteiger partial charge is 0.295 e. The number of ketones is 2. The van der Waals surface area contributed by atoms with Crippen molar-refractivity contribution in [3.63, 3.8) is 0 Å². The van der Waals surface area contributed by atoms with Crippen LogP contribution in [0.15, 0.2) is 47.6 Å². The summed E-state index contributed by atoms with van der Waals surface area (Å²) in [4.78, 5) is 25.7. The lowest BCUT2D eigenvalue weighted by Crippen LogP contribution is -2.21. The molecule has 1 aliphatic rings. The number of hydrogen-bond acceptors (Lipinski definition) is 2. The Kier molecular flexibility index (Phi) is 7.14. The molecular weight excluding hydrogens is 320 g/mol. The van der Waals surface area contributed by atoms with Gasteiger partial charge in [-0.2, -0.15) is 0 Å². The van der Waals surface area contributed by atoms with Crippen molar-refractivity contribution in [1.29, 1.82) is 0 Å². The molecule has 0 spiro atoms. The Morgan fingerprint density at radius 1 is 1.12 bits per heavy atom. The molecule has 0 amide bonds. The van der Waals surface area contributed by atoms with E-state index in [0.29, 0.717) is 18.3 Å². The average Bonchev–Trinajstić information content (AvgIpc) is 2.56. The third kappa shape index (κ3) is 5.52. The van der Waals surface area contributed by atoms with Crippen LogP contribution in [0.1, 0.15) is 82.1 Å². The van der Waals surface area contributed by atoms with Crippen molar-refractivity contribution in [3.05, 3.63) is 58.7 Å². The zero-order chi connectivity index (χ0) is 19.3. The molecule has 26 heavy (non-hydrogen) atoms. The van der Waals surface area contributed by atoms with Crippen molar-refractivity contribution in [3.8, 4) is 0 Å². The Labute approximate surface area is 158 Å². The molecule has 2 unspecified atom stereocenters. The molecule has 2 rings (SSSR count). The predicted octanol–water partition coefficient (Wildman–Crippen LogP) is 6.28. The van der Waals surface area contributed by atoms with Crippen LogP contribution in [-0.2, 0) is 4.79 Å². The van der Waals surface area contributed by atoms with E-state index in [9.17, 15) is 9.59 Å². The first-order chi connectivity index (χ1) is 12.3. The van der Waals surface area contributed by atoms with E-state index in [4.69, 9.17) is 0 Å². The summed E-state index contributed by atoms with van der Waals surface area (Å²) < 4.78 is 0. The van der Waals surface area contributed by atoms with Crippen molar-refractivity contribution in [1.82, 2.24) is 0 Å². The molecule has 0 saturated heterocycles. The smallest absolute Gasteiger partial charge is 0.188 e. The van der Waals surface area contributed by atoms with Gasteiger partial charge in [0, 0.05) is 11.5 Å². The van der Waals surface area contributed by atoms with Crippen LogP contribution in [-0.4, -0.2) is 11.6 Å². The minimum atomic E-state index is -0.0923. The molecule has 0 bridgehead atoms. The first kappa shape index (κ1) is 20.4. The fourth-order valence-electron chi connectivity index (χ4n) is 3.59. The second-order valence-electron chi connectivity index (χ2n) is 8.28. The van der Waals surface area contributed by atoms with Gasteiger partial charge in [0.25, 0.3) is 0 Å². The van der Waals surface area contributed by atoms with Crippen molar-refractivity contribution in [2.75, 3.05) is 0 Å². The van der Waals surface area contributed by atoms with Crippen LogP contribution in [0, 0.1) is 11.8 Å². The molecule has 140 valence electrons. The van der Waals surface area contributed by atoms with Crippen molar-refractivity contribution < 1.29 is 9.59 Å². The number of carbonyl (C=O) groups is 2. The molecule has 0 N–H and O–H groups in total. The van der Waals surface area contributed by atoms with E-state index >= 15 is 0 Å². The first-order valence-electron chi connectivity index (χ1n) is 9.80. The molecule has 0 fully saturated rings. The summed E-state index contributed by atoms with van der Waals surface area (Å²) in [5.41, 5.74) is 3.78. The fraction of sp³-hybridized carbons (Fsp3) is 0.500. The average molecular weight is 353 g/mol.